The van der Waals surface area contributed by atoms with Gasteiger partial charge in [0.15, 0.2) is 0 Å². The van der Waals surface area contributed by atoms with Crippen molar-refractivity contribution in [1.82, 2.24) is 14.7 Å². The molecule has 0 amide bonds. The Hall–Kier alpha value is -2.28. The van der Waals surface area contributed by atoms with Gasteiger partial charge in [-0.3, -0.25) is 14.3 Å². The predicted octanol–water partition coefficient (Wildman–Crippen LogP) is 1.83. The van der Waals surface area contributed by atoms with E-state index in [0.29, 0.717) is 47.1 Å². The van der Waals surface area contributed by atoms with E-state index in [4.69, 9.17) is 16.9 Å². The first-order chi connectivity index (χ1) is 13.8. The molecule has 1 aromatic carbocycles. The van der Waals surface area contributed by atoms with Crippen LogP contribution in [-0.4, -0.2) is 55.0 Å². The number of allylic oxidation sites excluding steroid dienone is 1. The Bertz CT molecular complexity index is 1020. The fourth-order valence-corrected chi connectivity index (χ4v) is 4.49. The van der Waals surface area contributed by atoms with E-state index in [2.05, 4.69) is 8.30 Å². The minimum atomic E-state index is -0.807. The molecule has 5 N–H and O–H groups in total. The average Bonchev–Trinajstić information content (AvgIpc) is 3.12. The molecular formula is C18H21FIN7OS. The fraction of sp³-hybridized carbons (Fsp3) is 0.278. The van der Waals surface area contributed by atoms with Crippen molar-refractivity contribution in [1.29, 1.82) is 5.41 Å². The molecule has 1 saturated heterocycles. The second-order valence-electron chi connectivity index (χ2n) is 6.57. The number of nitrogens with two attached hydrogens (primary N) is 2. The molecule has 1 aliphatic heterocycles. The maximum atomic E-state index is 14.4. The average molecular weight is 529 g/mol. The van der Waals surface area contributed by atoms with Crippen molar-refractivity contribution in [3.63, 3.8) is 0 Å². The summed E-state index contributed by atoms with van der Waals surface area (Å²) in [6, 6.07) is 2.70. The number of anilines is 1. The second kappa shape index (κ2) is 9.03. The Morgan fingerprint density at radius 3 is 2.69 bits per heavy atom. The Labute approximate surface area is 184 Å². The lowest BCUT2D eigenvalue weighted by atomic mass is 9.99. The summed E-state index contributed by atoms with van der Waals surface area (Å²) < 4.78 is 31.8. The molecule has 0 aliphatic carbocycles. The Morgan fingerprint density at radius 1 is 1.41 bits per heavy atom. The number of nitrogens with one attached hydrogen (secondary N) is 1. The molecule has 0 spiro atoms. The molecule has 0 radical (unpaired) electrons. The van der Waals surface area contributed by atoms with E-state index in [0.717, 1.165) is 0 Å². The smallest absolute Gasteiger partial charge is 0.137 e. The topological polar surface area (TPSA) is 126 Å². The van der Waals surface area contributed by atoms with Gasteiger partial charge in [0, 0.05) is 77.1 Å². The predicted molar refractivity (Wildman–Crippen MR) is 123 cm³/mol. The molecule has 3 rings (SSSR count). The first kappa shape index (κ1) is 21.4. The van der Waals surface area contributed by atoms with Crippen molar-refractivity contribution in [3.8, 4) is 11.1 Å². The summed E-state index contributed by atoms with van der Waals surface area (Å²) in [4.78, 5) is 1.98. The highest BCUT2D eigenvalue weighted by molar-refractivity contribution is 14.1. The fourth-order valence-electron chi connectivity index (χ4n) is 2.99. The zero-order valence-electron chi connectivity index (χ0n) is 15.7. The monoisotopic (exact) mass is 529 g/mol. The van der Waals surface area contributed by atoms with E-state index in [1.54, 1.807) is 30.2 Å². The lowest BCUT2D eigenvalue weighted by Crippen LogP contribution is -2.41. The molecule has 8 nitrogen and oxygen atoms in total. The number of nitrogens with zero attached hydrogens (tertiary/aromatic N) is 4. The molecule has 0 unspecified atom stereocenters. The second-order valence-corrected chi connectivity index (χ2v) is 8.75. The highest BCUT2D eigenvalue weighted by Gasteiger charge is 2.20. The highest BCUT2D eigenvalue weighted by Crippen LogP contribution is 2.28. The zero-order chi connectivity index (χ0) is 21.1. The Balaban J connectivity index is 1.90. The summed E-state index contributed by atoms with van der Waals surface area (Å²) in [6.45, 7) is 1.21. The van der Waals surface area contributed by atoms with Gasteiger partial charge < -0.3 is 16.4 Å². The summed E-state index contributed by atoms with van der Waals surface area (Å²) in [5.74, 6) is 1.24. The number of hydrogen-bond donors (Lipinski definition) is 3. The van der Waals surface area contributed by atoms with E-state index < -0.39 is 16.6 Å². The van der Waals surface area contributed by atoms with Crippen LogP contribution in [0, 0.1) is 11.2 Å². The van der Waals surface area contributed by atoms with Crippen molar-refractivity contribution in [2.24, 2.45) is 16.0 Å². The van der Waals surface area contributed by atoms with Gasteiger partial charge in [-0.05, 0) is 12.1 Å². The number of hydrogen-bond acceptors (Lipinski definition) is 6. The SMILES string of the molecule is Cn1cc(-c2cc(C(=N)/C(N)=C/C(=N\I)N3CCS(=O)CC3)c(N)cc2F)cn1. The molecule has 1 aliphatic rings. The number of rotatable bonds is 4. The number of aryl methyl sites for hydroxylation is 1. The van der Waals surface area contributed by atoms with Gasteiger partial charge >= 0.3 is 0 Å². The summed E-state index contributed by atoms with van der Waals surface area (Å²) in [5.41, 5.74) is 13.6. The van der Waals surface area contributed by atoms with Gasteiger partial charge in [0.1, 0.15) is 11.7 Å². The zero-order valence-corrected chi connectivity index (χ0v) is 18.7. The minimum Gasteiger partial charge on any atom is -0.398 e. The van der Waals surface area contributed by atoms with Crippen molar-refractivity contribution >= 4 is 50.9 Å². The van der Waals surface area contributed by atoms with E-state index >= 15 is 0 Å². The summed E-state index contributed by atoms with van der Waals surface area (Å²) in [7, 11) is 0.932. The van der Waals surface area contributed by atoms with Gasteiger partial charge in [-0.25, -0.2) is 4.39 Å². The molecular weight excluding hydrogens is 508 g/mol. The van der Waals surface area contributed by atoms with Crippen LogP contribution in [0.15, 0.2) is 39.5 Å². The molecule has 0 atom stereocenters. The van der Waals surface area contributed by atoms with Crippen LogP contribution >= 0.6 is 22.9 Å². The highest BCUT2D eigenvalue weighted by atomic mass is 127. The van der Waals surface area contributed by atoms with Crippen molar-refractivity contribution in [2.45, 2.75) is 0 Å². The molecule has 154 valence electrons. The molecule has 2 heterocycles. The summed E-state index contributed by atoms with van der Waals surface area (Å²) >= 11 is 1.87. The number of amidine groups is 1. The van der Waals surface area contributed by atoms with Crippen molar-refractivity contribution in [3.05, 3.63) is 47.7 Å². The van der Waals surface area contributed by atoms with Crippen LogP contribution in [0.3, 0.4) is 0 Å². The summed E-state index contributed by atoms with van der Waals surface area (Å²) in [5, 5.41) is 12.5. The third-order valence-electron chi connectivity index (χ3n) is 4.59. The van der Waals surface area contributed by atoms with Crippen LogP contribution in [0.4, 0.5) is 10.1 Å². The minimum absolute atomic E-state index is 0.0224. The quantitative estimate of drug-likeness (QED) is 0.241. The van der Waals surface area contributed by atoms with Gasteiger partial charge in [0.25, 0.3) is 0 Å². The summed E-state index contributed by atoms with van der Waals surface area (Å²) in [6.07, 6.45) is 4.82. The van der Waals surface area contributed by atoms with E-state index in [1.807, 2.05) is 27.8 Å². The Morgan fingerprint density at radius 2 is 2.10 bits per heavy atom. The van der Waals surface area contributed by atoms with Crippen molar-refractivity contribution < 1.29 is 8.60 Å². The van der Waals surface area contributed by atoms with Gasteiger partial charge in [0.05, 0.1) is 40.5 Å². The van der Waals surface area contributed by atoms with Gasteiger partial charge in [-0.15, -0.1) is 0 Å². The number of halogens is 2. The first-order valence-electron chi connectivity index (χ1n) is 8.73. The van der Waals surface area contributed by atoms with Crippen LogP contribution < -0.4 is 11.5 Å². The number of aromatic nitrogens is 2. The molecule has 2 aromatic rings. The maximum absolute atomic E-state index is 14.4. The van der Waals surface area contributed by atoms with E-state index in [1.165, 1.54) is 12.1 Å². The molecule has 0 bridgehead atoms. The standard InChI is InChI=1S/C18H21FIN7OS/c1-26-10-11(9-24-26)12-6-13(15(21)7-14(12)19)18(23)16(22)8-17(25-20)27-2-4-29(28)5-3-27/h6-10,23H,2-5,21-22H2,1H3/b16-8-,23-18?,25-17+. The third kappa shape index (κ3) is 4.83. The van der Waals surface area contributed by atoms with E-state index in [9.17, 15) is 8.60 Å². The molecule has 29 heavy (non-hydrogen) atoms. The first-order valence-corrected chi connectivity index (χ1v) is 11.2. The number of nitrogen functional groups attached to an aromatic ring is 1. The molecule has 11 heteroatoms. The maximum Gasteiger partial charge on any atom is 0.137 e. The van der Waals surface area contributed by atoms with Crippen LogP contribution in [0.25, 0.3) is 11.1 Å². The van der Waals surface area contributed by atoms with Crippen LogP contribution in [0.2, 0.25) is 0 Å². The number of benzene rings is 1. The largest absolute Gasteiger partial charge is 0.398 e. The van der Waals surface area contributed by atoms with Crippen LogP contribution in [-0.2, 0) is 17.8 Å². The lowest BCUT2D eigenvalue weighted by Gasteiger charge is -2.27. The van der Waals surface area contributed by atoms with Gasteiger partial charge in [-0.2, -0.15) is 8.30 Å². The molecule has 1 fully saturated rings. The Kier molecular flexibility index (Phi) is 6.67. The third-order valence-corrected chi connectivity index (χ3v) is 6.36. The van der Waals surface area contributed by atoms with Crippen LogP contribution in [0.1, 0.15) is 5.56 Å². The molecule has 1 aromatic heterocycles. The van der Waals surface area contributed by atoms with Crippen molar-refractivity contribution in [2.75, 3.05) is 30.3 Å². The van der Waals surface area contributed by atoms with Crippen LogP contribution in [0.5, 0.6) is 0 Å². The van der Waals surface area contributed by atoms with E-state index in [-0.39, 0.29) is 17.1 Å². The van der Waals surface area contributed by atoms with Gasteiger partial charge in [-0.1, -0.05) is 0 Å². The normalized spacial score (nSPS) is 16.3. The van der Waals surface area contributed by atoms with Gasteiger partial charge in [0.2, 0.25) is 0 Å². The molecule has 0 saturated carbocycles. The lowest BCUT2D eigenvalue weighted by molar-refractivity contribution is 0.459.